The highest BCUT2D eigenvalue weighted by molar-refractivity contribution is 5.86. The highest BCUT2D eigenvalue weighted by Crippen LogP contribution is 2.34. The van der Waals surface area contributed by atoms with Crippen molar-refractivity contribution < 1.29 is 14.3 Å². The molecule has 0 radical (unpaired) electrons. The molecule has 0 unspecified atom stereocenters. The van der Waals surface area contributed by atoms with Gasteiger partial charge >= 0.3 is 6.09 Å². The largest absolute Gasteiger partial charge is 0.444 e. The lowest BCUT2D eigenvalue weighted by Gasteiger charge is -2.34. The number of hydrogen-bond donors (Lipinski definition) is 0. The minimum absolute atomic E-state index is 0.117. The van der Waals surface area contributed by atoms with Crippen molar-refractivity contribution in [2.75, 3.05) is 13.1 Å². The van der Waals surface area contributed by atoms with Crippen molar-refractivity contribution in [1.29, 1.82) is 0 Å². The van der Waals surface area contributed by atoms with Crippen molar-refractivity contribution in [2.24, 2.45) is 5.41 Å². The lowest BCUT2D eigenvalue weighted by atomic mass is 9.76. The van der Waals surface area contributed by atoms with E-state index in [2.05, 4.69) is 12.5 Å². The number of hydrogen-bond acceptors (Lipinski definition) is 3. The Hall–Kier alpha value is -1.76. The normalized spacial score (nSPS) is 23.1. The standard InChI is InChI=1S/C17H25NO3/c1-6-10-17(11-7-2)13-18(12-8-9-14(17)19)15(20)21-16(3,4)5/h1,7H,2,8-13H2,3-5H3/t17-/m1/s1. The molecule has 0 N–H and O–H groups in total. The minimum atomic E-state index is -0.718. The van der Waals surface area contributed by atoms with Crippen LogP contribution in [0.2, 0.25) is 0 Å². The highest BCUT2D eigenvalue weighted by Gasteiger charge is 2.41. The van der Waals surface area contributed by atoms with Gasteiger partial charge in [-0.05, 0) is 33.6 Å². The van der Waals surface area contributed by atoms with Crippen molar-refractivity contribution in [3.05, 3.63) is 12.7 Å². The molecule has 21 heavy (non-hydrogen) atoms. The van der Waals surface area contributed by atoms with Crippen LogP contribution in [0.1, 0.15) is 46.5 Å². The average Bonchev–Trinajstić information content (AvgIpc) is 2.49. The van der Waals surface area contributed by atoms with Gasteiger partial charge in [0.1, 0.15) is 11.4 Å². The maximum atomic E-state index is 12.4. The lowest BCUT2D eigenvalue weighted by molar-refractivity contribution is -0.128. The molecule has 1 saturated heterocycles. The van der Waals surface area contributed by atoms with Gasteiger partial charge in [-0.15, -0.1) is 18.9 Å². The second kappa shape index (κ2) is 6.80. The molecule has 116 valence electrons. The van der Waals surface area contributed by atoms with E-state index in [0.29, 0.717) is 38.8 Å². The summed E-state index contributed by atoms with van der Waals surface area (Å²) in [7, 11) is 0. The maximum Gasteiger partial charge on any atom is 0.410 e. The van der Waals surface area contributed by atoms with Gasteiger partial charge in [0.25, 0.3) is 0 Å². The van der Waals surface area contributed by atoms with Crippen LogP contribution in [0.5, 0.6) is 0 Å². The third-order valence-electron chi connectivity index (χ3n) is 3.54. The van der Waals surface area contributed by atoms with Gasteiger partial charge in [0.15, 0.2) is 0 Å². The Labute approximate surface area is 127 Å². The molecular formula is C17H25NO3. The van der Waals surface area contributed by atoms with Gasteiger partial charge in [0, 0.05) is 25.9 Å². The smallest absolute Gasteiger partial charge is 0.410 e. The van der Waals surface area contributed by atoms with Crippen LogP contribution in [0, 0.1) is 17.8 Å². The molecule has 0 saturated carbocycles. The molecule has 0 aromatic carbocycles. The molecule has 1 atom stereocenters. The summed E-state index contributed by atoms with van der Waals surface area (Å²) >= 11 is 0. The van der Waals surface area contributed by atoms with Gasteiger partial charge in [-0.2, -0.15) is 0 Å². The van der Waals surface area contributed by atoms with Crippen molar-refractivity contribution in [2.45, 2.75) is 52.1 Å². The van der Waals surface area contributed by atoms with Crippen molar-refractivity contribution >= 4 is 11.9 Å². The van der Waals surface area contributed by atoms with E-state index in [1.807, 2.05) is 20.8 Å². The summed E-state index contributed by atoms with van der Waals surface area (Å²) in [4.78, 5) is 26.3. The number of likely N-dealkylation sites (tertiary alicyclic amines) is 1. The molecule has 1 aliphatic rings. The van der Waals surface area contributed by atoms with Crippen LogP contribution >= 0.6 is 0 Å². The molecule has 0 aromatic heterocycles. The van der Waals surface area contributed by atoms with Crippen molar-refractivity contribution in [1.82, 2.24) is 4.90 Å². The Balaban J connectivity index is 2.99. The number of allylic oxidation sites excluding steroid dienone is 1. The first kappa shape index (κ1) is 17.3. The molecule has 1 aliphatic heterocycles. The molecule has 0 aliphatic carbocycles. The number of Topliss-reactive ketones (excluding diaryl/α,β-unsaturated/α-hetero) is 1. The first-order valence-electron chi connectivity index (χ1n) is 7.30. The summed E-state index contributed by atoms with van der Waals surface area (Å²) in [6, 6.07) is 0. The Morgan fingerprint density at radius 1 is 1.57 bits per heavy atom. The van der Waals surface area contributed by atoms with Crippen LogP contribution < -0.4 is 0 Å². The number of nitrogens with zero attached hydrogens (tertiary/aromatic N) is 1. The molecule has 0 bridgehead atoms. The molecule has 0 spiro atoms. The minimum Gasteiger partial charge on any atom is -0.444 e. The molecular weight excluding hydrogens is 266 g/mol. The summed E-state index contributed by atoms with van der Waals surface area (Å²) < 4.78 is 5.42. The summed E-state index contributed by atoms with van der Waals surface area (Å²) in [6.07, 6.45) is 8.63. The van der Waals surface area contributed by atoms with Crippen molar-refractivity contribution in [3.63, 3.8) is 0 Å². The van der Waals surface area contributed by atoms with E-state index in [4.69, 9.17) is 11.2 Å². The van der Waals surface area contributed by atoms with Crippen molar-refractivity contribution in [3.8, 4) is 12.3 Å². The Morgan fingerprint density at radius 2 is 2.24 bits per heavy atom. The molecule has 1 heterocycles. The number of ether oxygens (including phenoxy) is 1. The number of amides is 1. The van der Waals surface area contributed by atoms with E-state index >= 15 is 0 Å². The average molecular weight is 291 g/mol. The van der Waals surface area contributed by atoms with E-state index in [0.717, 1.165) is 0 Å². The number of terminal acetylenes is 1. The molecule has 1 rings (SSSR count). The summed E-state index contributed by atoms with van der Waals surface area (Å²) in [5.74, 6) is 2.70. The molecule has 4 nitrogen and oxygen atoms in total. The van der Waals surface area contributed by atoms with Gasteiger partial charge in [0.2, 0.25) is 0 Å². The third-order valence-corrected chi connectivity index (χ3v) is 3.54. The van der Waals surface area contributed by atoms with E-state index in [1.165, 1.54) is 0 Å². The topological polar surface area (TPSA) is 46.6 Å². The first-order valence-corrected chi connectivity index (χ1v) is 7.30. The molecule has 1 amide bonds. The fourth-order valence-corrected chi connectivity index (χ4v) is 2.59. The summed E-state index contributed by atoms with van der Waals surface area (Å²) in [5.41, 5.74) is -1.27. The van der Waals surface area contributed by atoms with E-state index in [9.17, 15) is 9.59 Å². The Bertz CT molecular complexity index is 456. The van der Waals surface area contributed by atoms with E-state index in [1.54, 1.807) is 11.0 Å². The number of carbonyl (C=O) groups is 2. The van der Waals surface area contributed by atoms with Gasteiger partial charge in [-0.1, -0.05) is 6.08 Å². The monoisotopic (exact) mass is 291 g/mol. The number of ketones is 1. The predicted molar refractivity (Wildman–Crippen MR) is 82.7 cm³/mol. The second-order valence-electron chi connectivity index (χ2n) is 6.58. The zero-order chi connectivity index (χ0) is 16.1. The van der Waals surface area contributed by atoms with Crippen LogP contribution in [0.15, 0.2) is 12.7 Å². The summed E-state index contributed by atoms with van der Waals surface area (Å²) in [5, 5.41) is 0. The predicted octanol–water partition coefficient (Wildman–Crippen LogP) is 3.17. The van der Waals surface area contributed by atoms with Crippen LogP contribution in [0.25, 0.3) is 0 Å². The van der Waals surface area contributed by atoms with Gasteiger partial charge in [0.05, 0.1) is 5.41 Å². The number of carbonyl (C=O) groups excluding carboxylic acids is 2. The Morgan fingerprint density at radius 3 is 2.76 bits per heavy atom. The zero-order valence-corrected chi connectivity index (χ0v) is 13.3. The lowest BCUT2D eigenvalue weighted by Crippen LogP contribution is -2.45. The molecule has 1 fully saturated rings. The fourth-order valence-electron chi connectivity index (χ4n) is 2.59. The van der Waals surface area contributed by atoms with Gasteiger partial charge in [-0.3, -0.25) is 4.79 Å². The first-order chi connectivity index (χ1) is 9.74. The van der Waals surface area contributed by atoms with E-state index < -0.39 is 11.0 Å². The Kier molecular flexibility index (Phi) is 5.60. The zero-order valence-electron chi connectivity index (χ0n) is 13.3. The highest BCUT2D eigenvalue weighted by atomic mass is 16.6. The van der Waals surface area contributed by atoms with Crippen LogP contribution in [0.4, 0.5) is 4.79 Å². The third kappa shape index (κ3) is 4.63. The van der Waals surface area contributed by atoms with Gasteiger partial charge in [-0.25, -0.2) is 4.79 Å². The molecule has 0 aromatic rings. The fraction of sp³-hybridized carbons (Fsp3) is 0.647. The number of rotatable bonds is 3. The quantitative estimate of drug-likeness (QED) is 0.592. The van der Waals surface area contributed by atoms with E-state index in [-0.39, 0.29) is 11.9 Å². The van der Waals surface area contributed by atoms with Gasteiger partial charge < -0.3 is 9.64 Å². The van der Waals surface area contributed by atoms with Crippen LogP contribution in [-0.4, -0.2) is 35.5 Å². The van der Waals surface area contributed by atoms with Crippen LogP contribution in [0.3, 0.4) is 0 Å². The SMILES string of the molecule is C#CC[C@@]1(CC=C)CN(C(=O)OC(C)(C)C)CCCC1=O. The molecule has 4 heteroatoms. The van der Waals surface area contributed by atoms with Crippen LogP contribution in [-0.2, 0) is 9.53 Å². The summed E-state index contributed by atoms with van der Waals surface area (Å²) in [6.45, 7) is 10.0. The maximum absolute atomic E-state index is 12.4. The second-order valence-corrected chi connectivity index (χ2v) is 6.58.